The SMILES string of the molecule is Cc1cc2oc(=O)cc(Cn3c(S(C)(=O)=O)nc4ccccc43)c2cc1C. The minimum absolute atomic E-state index is 0.0195. The Balaban J connectivity index is 2.01. The summed E-state index contributed by atoms with van der Waals surface area (Å²) in [6.45, 7) is 4.14. The zero-order chi connectivity index (χ0) is 19.3. The van der Waals surface area contributed by atoms with E-state index in [1.807, 2.05) is 44.2 Å². The van der Waals surface area contributed by atoms with Gasteiger partial charge in [0.15, 0.2) is 0 Å². The lowest BCUT2D eigenvalue weighted by Gasteiger charge is -2.11. The van der Waals surface area contributed by atoms with Crippen LogP contribution in [0.25, 0.3) is 22.0 Å². The molecule has 2 aromatic heterocycles. The van der Waals surface area contributed by atoms with Crippen molar-refractivity contribution in [2.45, 2.75) is 25.5 Å². The molecule has 6 nitrogen and oxygen atoms in total. The number of hydrogen-bond donors (Lipinski definition) is 0. The number of sulfone groups is 1. The average molecular weight is 382 g/mol. The standard InChI is InChI=1S/C20H18N2O4S/c1-12-8-15-14(10-19(23)26-18(15)9-13(12)2)11-22-17-7-5-4-6-16(17)21-20(22)27(3,24)25/h4-10H,11H2,1-3H3. The number of fused-ring (bicyclic) bond motifs is 2. The zero-order valence-electron chi connectivity index (χ0n) is 15.2. The first-order valence-electron chi connectivity index (χ1n) is 8.43. The fourth-order valence-corrected chi connectivity index (χ4v) is 4.10. The summed E-state index contributed by atoms with van der Waals surface area (Å²) in [5.41, 5.74) is 4.10. The Hall–Kier alpha value is -2.93. The molecule has 2 heterocycles. The molecule has 4 aromatic rings. The number of hydrogen-bond acceptors (Lipinski definition) is 5. The van der Waals surface area contributed by atoms with E-state index in [1.165, 1.54) is 6.07 Å². The molecule has 0 amide bonds. The van der Waals surface area contributed by atoms with E-state index in [0.717, 1.165) is 22.8 Å². The molecule has 0 aliphatic rings. The lowest BCUT2D eigenvalue weighted by atomic mass is 10.0. The van der Waals surface area contributed by atoms with Crippen LogP contribution in [0, 0.1) is 13.8 Å². The van der Waals surface area contributed by atoms with Gasteiger partial charge in [-0.2, -0.15) is 0 Å². The first-order chi connectivity index (χ1) is 12.7. The van der Waals surface area contributed by atoms with Crippen LogP contribution in [0.5, 0.6) is 0 Å². The van der Waals surface area contributed by atoms with Crippen molar-refractivity contribution >= 4 is 31.8 Å². The maximum absolute atomic E-state index is 12.3. The number of aryl methyl sites for hydroxylation is 2. The van der Waals surface area contributed by atoms with Gasteiger partial charge in [-0.25, -0.2) is 18.2 Å². The highest BCUT2D eigenvalue weighted by Gasteiger charge is 2.20. The second-order valence-electron chi connectivity index (χ2n) is 6.76. The minimum Gasteiger partial charge on any atom is -0.423 e. The molecule has 0 radical (unpaired) electrons. The van der Waals surface area contributed by atoms with E-state index in [9.17, 15) is 13.2 Å². The van der Waals surface area contributed by atoms with Crippen molar-refractivity contribution in [2.75, 3.05) is 6.26 Å². The Kier molecular flexibility index (Phi) is 3.92. The van der Waals surface area contributed by atoms with Crippen LogP contribution >= 0.6 is 0 Å². The van der Waals surface area contributed by atoms with Gasteiger partial charge in [0, 0.05) is 17.7 Å². The molecule has 0 N–H and O–H groups in total. The molecule has 0 saturated heterocycles. The number of benzene rings is 2. The predicted octanol–water partition coefficient (Wildman–Crippen LogP) is 3.21. The number of imidazole rings is 1. The molecule has 0 atom stereocenters. The lowest BCUT2D eigenvalue weighted by molar-refractivity contribution is 0.555. The Morgan fingerprint density at radius 3 is 2.52 bits per heavy atom. The topological polar surface area (TPSA) is 82.2 Å². The van der Waals surface area contributed by atoms with Gasteiger partial charge in [-0.3, -0.25) is 0 Å². The van der Waals surface area contributed by atoms with Crippen LogP contribution in [0.15, 0.2) is 56.8 Å². The smallest absolute Gasteiger partial charge is 0.336 e. The number of para-hydroxylation sites is 2. The summed E-state index contributed by atoms with van der Waals surface area (Å²) in [5.74, 6) is 0. The lowest BCUT2D eigenvalue weighted by Crippen LogP contribution is -2.12. The summed E-state index contributed by atoms with van der Waals surface area (Å²) in [6.07, 6.45) is 1.13. The summed E-state index contributed by atoms with van der Waals surface area (Å²) in [4.78, 5) is 16.4. The van der Waals surface area contributed by atoms with Crippen LogP contribution in [0.4, 0.5) is 0 Å². The third-order valence-corrected chi connectivity index (χ3v) is 5.70. The van der Waals surface area contributed by atoms with Crippen LogP contribution in [0.3, 0.4) is 0 Å². The first-order valence-corrected chi connectivity index (χ1v) is 10.3. The largest absolute Gasteiger partial charge is 0.423 e. The van der Waals surface area contributed by atoms with E-state index >= 15 is 0 Å². The van der Waals surface area contributed by atoms with Crippen LogP contribution in [0.2, 0.25) is 0 Å². The van der Waals surface area contributed by atoms with Gasteiger partial charge >= 0.3 is 5.63 Å². The van der Waals surface area contributed by atoms with Crippen LogP contribution in [-0.4, -0.2) is 24.2 Å². The van der Waals surface area contributed by atoms with Crippen LogP contribution < -0.4 is 5.63 Å². The summed E-state index contributed by atoms with van der Waals surface area (Å²) >= 11 is 0. The van der Waals surface area contributed by atoms with Crippen molar-refractivity contribution in [3.63, 3.8) is 0 Å². The minimum atomic E-state index is -3.54. The molecule has 4 rings (SSSR count). The maximum Gasteiger partial charge on any atom is 0.336 e. The molecule has 0 spiro atoms. The highest BCUT2D eigenvalue weighted by atomic mass is 32.2. The fraction of sp³-hybridized carbons (Fsp3) is 0.200. The highest BCUT2D eigenvalue weighted by molar-refractivity contribution is 7.90. The Morgan fingerprint density at radius 1 is 1.07 bits per heavy atom. The van der Waals surface area contributed by atoms with Crippen molar-refractivity contribution in [3.8, 4) is 0 Å². The molecule has 138 valence electrons. The molecule has 0 saturated carbocycles. The molecule has 0 fully saturated rings. The predicted molar refractivity (Wildman–Crippen MR) is 104 cm³/mol. The molecular weight excluding hydrogens is 364 g/mol. The molecule has 0 unspecified atom stereocenters. The van der Waals surface area contributed by atoms with Crippen molar-refractivity contribution < 1.29 is 12.8 Å². The molecule has 0 bridgehead atoms. The number of nitrogens with zero attached hydrogens (tertiary/aromatic N) is 2. The molecular formula is C20H18N2O4S. The van der Waals surface area contributed by atoms with E-state index in [1.54, 1.807) is 10.6 Å². The van der Waals surface area contributed by atoms with Crippen molar-refractivity contribution in [3.05, 3.63) is 69.6 Å². The summed E-state index contributed by atoms with van der Waals surface area (Å²) in [7, 11) is -3.54. The van der Waals surface area contributed by atoms with Gasteiger partial charge in [0.1, 0.15) is 5.58 Å². The van der Waals surface area contributed by atoms with Gasteiger partial charge < -0.3 is 8.98 Å². The molecule has 0 aliphatic heterocycles. The molecule has 2 aromatic carbocycles. The van der Waals surface area contributed by atoms with E-state index in [0.29, 0.717) is 22.2 Å². The Labute approximate surface area is 156 Å². The van der Waals surface area contributed by atoms with Crippen LogP contribution in [-0.2, 0) is 16.4 Å². The van der Waals surface area contributed by atoms with Crippen molar-refractivity contribution in [2.24, 2.45) is 0 Å². The van der Waals surface area contributed by atoms with E-state index in [2.05, 4.69) is 4.98 Å². The maximum atomic E-state index is 12.3. The second kappa shape index (κ2) is 6.06. The first kappa shape index (κ1) is 17.5. The van der Waals surface area contributed by atoms with Crippen molar-refractivity contribution in [1.82, 2.24) is 9.55 Å². The van der Waals surface area contributed by atoms with Crippen LogP contribution in [0.1, 0.15) is 16.7 Å². The number of rotatable bonds is 3. The Morgan fingerprint density at radius 2 is 1.78 bits per heavy atom. The van der Waals surface area contributed by atoms with E-state index in [-0.39, 0.29) is 11.7 Å². The summed E-state index contributed by atoms with van der Waals surface area (Å²) < 4.78 is 31.5. The third-order valence-electron chi connectivity index (χ3n) is 4.72. The van der Waals surface area contributed by atoms with Gasteiger partial charge in [-0.05, 0) is 54.8 Å². The second-order valence-corrected chi connectivity index (χ2v) is 8.67. The molecule has 0 aliphatic carbocycles. The molecule has 7 heteroatoms. The quantitative estimate of drug-likeness (QED) is 0.508. The highest BCUT2D eigenvalue weighted by Crippen LogP contribution is 2.25. The summed E-state index contributed by atoms with van der Waals surface area (Å²) in [5, 5.41) is 0.767. The van der Waals surface area contributed by atoms with Gasteiger partial charge in [-0.15, -0.1) is 0 Å². The number of aromatic nitrogens is 2. The van der Waals surface area contributed by atoms with Gasteiger partial charge in [0.05, 0.1) is 17.6 Å². The monoisotopic (exact) mass is 382 g/mol. The average Bonchev–Trinajstić information content (AvgIpc) is 2.96. The third kappa shape index (κ3) is 3.04. The van der Waals surface area contributed by atoms with Gasteiger partial charge in [-0.1, -0.05) is 12.1 Å². The van der Waals surface area contributed by atoms with Crippen molar-refractivity contribution in [1.29, 1.82) is 0 Å². The van der Waals surface area contributed by atoms with Gasteiger partial charge in [0.2, 0.25) is 15.0 Å². The zero-order valence-corrected chi connectivity index (χ0v) is 16.0. The fourth-order valence-electron chi connectivity index (χ4n) is 3.27. The summed E-state index contributed by atoms with van der Waals surface area (Å²) in [6, 6.07) is 12.4. The molecule has 27 heavy (non-hydrogen) atoms. The van der Waals surface area contributed by atoms with E-state index < -0.39 is 15.5 Å². The Bertz CT molecular complexity index is 1360. The van der Waals surface area contributed by atoms with Gasteiger partial charge in [0.25, 0.3) is 0 Å². The normalized spacial score (nSPS) is 12.1. The van der Waals surface area contributed by atoms with E-state index in [4.69, 9.17) is 4.42 Å².